The number of nitrogens with zero attached hydrogens (tertiary/aromatic N) is 4. The van der Waals surface area contributed by atoms with Gasteiger partial charge >= 0.3 is 0 Å². The lowest BCUT2D eigenvalue weighted by Gasteiger charge is -2.14. The summed E-state index contributed by atoms with van der Waals surface area (Å²) >= 11 is 6.61. The van der Waals surface area contributed by atoms with E-state index in [1.165, 1.54) is 7.11 Å². The topological polar surface area (TPSA) is 91.8 Å². The average molecular weight is 427 g/mol. The summed E-state index contributed by atoms with van der Waals surface area (Å²) in [6.45, 7) is 0. The zero-order chi connectivity index (χ0) is 21.8. The zero-order valence-electron chi connectivity index (χ0n) is 16.5. The molecule has 0 spiro atoms. The lowest BCUT2D eigenvalue weighted by Crippen LogP contribution is -1.99. The van der Waals surface area contributed by atoms with Crippen LogP contribution in [0.15, 0.2) is 60.8 Å². The third-order valence-corrected chi connectivity index (χ3v) is 5.05. The van der Waals surface area contributed by atoms with Crippen molar-refractivity contribution in [3.05, 3.63) is 88.3 Å². The van der Waals surface area contributed by atoms with E-state index in [0.717, 1.165) is 16.3 Å². The third-order valence-electron chi connectivity index (χ3n) is 4.68. The minimum absolute atomic E-state index is 0.326. The molecule has 0 saturated carbocycles. The predicted molar refractivity (Wildman–Crippen MR) is 116 cm³/mol. The van der Waals surface area contributed by atoms with Gasteiger partial charge in [-0.15, -0.1) is 0 Å². The summed E-state index contributed by atoms with van der Waals surface area (Å²) in [6.07, 6.45) is 2.10. The van der Waals surface area contributed by atoms with Crippen LogP contribution in [0.2, 0.25) is 5.02 Å². The second-order valence-electron chi connectivity index (χ2n) is 6.67. The van der Waals surface area contributed by atoms with Gasteiger partial charge < -0.3 is 9.47 Å². The van der Waals surface area contributed by atoms with Crippen molar-refractivity contribution in [1.82, 2.24) is 9.97 Å². The summed E-state index contributed by atoms with van der Waals surface area (Å²) in [5.41, 5.74) is 2.11. The van der Waals surface area contributed by atoms with Crippen molar-refractivity contribution in [2.75, 3.05) is 7.11 Å². The number of hydrogen-bond donors (Lipinski definition) is 0. The quantitative estimate of drug-likeness (QED) is 0.423. The molecular formula is C24H15ClN4O2. The zero-order valence-corrected chi connectivity index (χ0v) is 17.2. The first-order valence-electron chi connectivity index (χ1n) is 9.30. The summed E-state index contributed by atoms with van der Waals surface area (Å²) in [6, 6.07) is 20.1. The molecule has 3 aromatic carbocycles. The Labute approximate surface area is 183 Å². The van der Waals surface area contributed by atoms with E-state index >= 15 is 0 Å². The largest absolute Gasteiger partial charge is 0.493 e. The van der Waals surface area contributed by atoms with E-state index < -0.39 is 0 Å². The fourth-order valence-electron chi connectivity index (χ4n) is 3.14. The summed E-state index contributed by atoms with van der Waals surface area (Å²) in [5.74, 6) is 1.66. The number of fused-ring (bicyclic) bond motifs is 1. The van der Waals surface area contributed by atoms with Gasteiger partial charge in [0.2, 0.25) is 5.88 Å². The average Bonchev–Trinajstić information content (AvgIpc) is 2.81. The fourth-order valence-corrected chi connectivity index (χ4v) is 3.45. The fraction of sp³-hybridized carbons (Fsp3) is 0.0833. The molecule has 0 aliphatic heterocycles. The second-order valence-corrected chi connectivity index (χ2v) is 7.05. The smallest absolute Gasteiger partial charge is 0.222 e. The molecule has 0 N–H and O–H groups in total. The third kappa shape index (κ3) is 4.25. The molecule has 0 fully saturated rings. The highest BCUT2D eigenvalue weighted by Gasteiger charge is 2.16. The van der Waals surface area contributed by atoms with Crippen molar-refractivity contribution in [3.63, 3.8) is 0 Å². The van der Waals surface area contributed by atoms with Crippen molar-refractivity contribution in [1.29, 1.82) is 10.5 Å². The molecule has 0 radical (unpaired) electrons. The number of halogens is 1. The van der Waals surface area contributed by atoms with Gasteiger partial charge in [0.1, 0.15) is 5.82 Å². The number of nitriles is 2. The van der Waals surface area contributed by atoms with Crippen molar-refractivity contribution in [2.24, 2.45) is 0 Å². The molecule has 7 heteroatoms. The molecule has 0 aliphatic rings. The molecule has 0 unspecified atom stereocenters. The molecule has 31 heavy (non-hydrogen) atoms. The van der Waals surface area contributed by atoms with Gasteiger partial charge in [-0.2, -0.15) is 15.5 Å². The second kappa shape index (κ2) is 8.71. The first kappa shape index (κ1) is 20.2. The van der Waals surface area contributed by atoms with E-state index in [1.807, 2.05) is 12.1 Å². The van der Waals surface area contributed by atoms with Gasteiger partial charge in [-0.3, -0.25) is 0 Å². The van der Waals surface area contributed by atoms with E-state index in [1.54, 1.807) is 48.7 Å². The predicted octanol–water partition coefficient (Wildman–Crippen LogP) is 5.42. The molecule has 0 amide bonds. The van der Waals surface area contributed by atoms with Gasteiger partial charge in [-0.1, -0.05) is 29.8 Å². The molecular weight excluding hydrogens is 412 g/mol. The lowest BCUT2D eigenvalue weighted by molar-refractivity contribution is 0.374. The molecule has 150 valence electrons. The van der Waals surface area contributed by atoms with Crippen LogP contribution in [0.3, 0.4) is 0 Å². The Morgan fingerprint density at radius 3 is 2.42 bits per heavy atom. The van der Waals surface area contributed by atoms with Crippen LogP contribution in [-0.2, 0) is 6.42 Å². The first-order valence-corrected chi connectivity index (χ1v) is 9.68. The molecule has 4 rings (SSSR count). The van der Waals surface area contributed by atoms with Crippen molar-refractivity contribution >= 4 is 22.4 Å². The number of benzene rings is 3. The van der Waals surface area contributed by atoms with Crippen molar-refractivity contribution < 1.29 is 9.47 Å². The Balaban J connectivity index is 1.66. The number of rotatable bonds is 5. The highest BCUT2D eigenvalue weighted by atomic mass is 35.5. The van der Waals surface area contributed by atoms with E-state index in [2.05, 4.69) is 22.1 Å². The van der Waals surface area contributed by atoms with Crippen LogP contribution in [0, 0.1) is 22.7 Å². The Bertz CT molecular complexity index is 1360. The van der Waals surface area contributed by atoms with Gasteiger partial charge in [-0.05, 0) is 41.3 Å². The van der Waals surface area contributed by atoms with E-state index in [0.29, 0.717) is 45.8 Å². The van der Waals surface area contributed by atoms with E-state index in [4.69, 9.17) is 31.6 Å². The Hall–Kier alpha value is -4.13. The molecule has 0 atom stereocenters. The Morgan fingerprint density at radius 1 is 0.968 bits per heavy atom. The molecule has 0 saturated heterocycles. The maximum atomic E-state index is 9.13. The van der Waals surface area contributed by atoms with E-state index in [9.17, 15) is 0 Å². The van der Waals surface area contributed by atoms with Crippen LogP contribution in [0.4, 0.5) is 0 Å². The first-order chi connectivity index (χ1) is 15.1. The number of methoxy groups -OCH3 is 1. The van der Waals surface area contributed by atoms with Gasteiger partial charge in [-0.25, -0.2) is 4.98 Å². The molecule has 0 aliphatic carbocycles. The molecule has 1 heterocycles. The Morgan fingerprint density at radius 2 is 1.71 bits per heavy atom. The van der Waals surface area contributed by atoms with Crippen molar-refractivity contribution in [3.8, 4) is 29.5 Å². The maximum absolute atomic E-state index is 9.13. The SMILES string of the molecule is COc1cc2cc(C#N)ccc2c(Cl)c1Oc1ccnc(Cc2ccc(C#N)cc2)n1. The minimum atomic E-state index is 0.326. The van der Waals surface area contributed by atoms with Crippen LogP contribution in [0.5, 0.6) is 17.4 Å². The standard InChI is InChI=1S/C24H15ClN4O2/c1-30-20-12-18-10-17(14-27)6-7-19(18)23(25)24(20)31-22-8-9-28-21(29-22)11-15-2-4-16(13-26)5-3-15/h2-10,12H,11H2,1H3. The highest BCUT2D eigenvalue weighted by Crippen LogP contribution is 2.43. The van der Waals surface area contributed by atoms with Gasteiger partial charge in [0.05, 0.1) is 35.4 Å². The number of aromatic nitrogens is 2. The minimum Gasteiger partial charge on any atom is -0.493 e. The van der Waals surface area contributed by atoms with Gasteiger partial charge in [0.25, 0.3) is 0 Å². The number of ether oxygens (including phenoxy) is 2. The van der Waals surface area contributed by atoms with Crippen LogP contribution in [0.25, 0.3) is 10.8 Å². The van der Waals surface area contributed by atoms with Crippen LogP contribution in [-0.4, -0.2) is 17.1 Å². The summed E-state index contributed by atoms with van der Waals surface area (Å²) < 4.78 is 11.5. The summed E-state index contributed by atoms with van der Waals surface area (Å²) in [4.78, 5) is 8.78. The Kier molecular flexibility index (Phi) is 5.66. The monoisotopic (exact) mass is 426 g/mol. The molecule has 4 aromatic rings. The van der Waals surface area contributed by atoms with Crippen LogP contribution >= 0.6 is 11.6 Å². The summed E-state index contributed by atoms with van der Waals surface area (Å²) in [7, 11) is 1.52. The van der Waals surface area contributed by atoms with Crippen LogP contribution < -0.4 is 9.47 Å². The van der Waals surface area contributed by atoms with Crippen molar-refractivity contribution in [2.45, 2.75) is 6.42 Å². The lowest BCUT2D eigenvalue weighted by atomic mass is 10.1. The normalized spacial score (nSPS) is 10.3. The van der Waals surface area contributed by atoms with E-state index in [-0.39, 0.29) is 0 Å². The summed E-state index contributed by atoms with van der Waals surface area (Å²) in [5, 5.41) is 19.9. The van der Waals surface area contributed by atoms with Crippen LogP contribution in [0.1, 0.15) is 22.5 Å². The maximum Gasteiger partial charge on any atom is 0.222 e. The molecule has 6 nitrogen and oxygen atoms in total. The number of hydrogen-bond acceptors (Lipinski definition) is 6. The van der Waals surface area contributed by atoms with Gasteiger partial charge in [0.15, 0.2) is 11.5 Å². The molecule has 1 aromatic heterocycles. The highest BCUT2D eigenvalue weighted by molar-refractivity contribution is 6.37. The van der Waals surface area contributed by atoms with Gasteiger partial charge in [0, 0.05) is 24.1 Å². The molecule has 0 bridgehead atoms.